The van der Waals surface area contributed by atoms with E-state index in [1.54, 1.807) is 0 Å². The highest BCUT2D eigenvalue weighted by Crippen LogP contribution is 2.34. The highest BCUT2D eigenvalue weighted by Gasteiger charge is 2.34. The van der Waals surface area contributed by atoms with Gasteiger partial charge in [-0.25, -0.2) is 0 Å². The number of hydrogen-bond acceptors (Lipinski definition) is 3. The summed E-state index contributed by atoms with van der Waals surface area (Å²) in [6, 6.07) is 4.57. The Labute approximate surface area is 123 Å². The fourth-order valence-corrected chi connectivity index (χ4v) is 2.59. The number of hydrogen-bond donors (Lipinski definition) is 0. The van der Waals surface area contributed by atoms with Crippen LogP contribution in [-0.2, 0) is 11.0 Å². The van der Waals surface area contributed by atoms with Gasteiger partial charge in [-0.15, -0.1) is 6.58 Å². The van der Waals surface area contributed by atoms with E-state index in [0.717, 1.165) is 17.0 Å². The van der Waals surface area contributed by atoms with Crippen molar-refractivity contribution >= 4 is 29.0 Å². The minimum absolute atomic E-state index is 0.0740. The third kappa shape index (κ3) is 3.36. The molecule has 0 atom stereocenters. The molecule has 0 aliphatic carbocycles. The van der Waals surface area contributed by atoms with Gasteiger partial charge in [-0.2, -0.15) is 13.2 Å². The molecule has 1 aliphatic heterocycles. The summed E-state index contributed by atoms with van der Waals surface area (Å²) >= 11 is 0.699. The Morgan fingerprint density at radius 2 is 2.00 bits per heavy atom. The Balaban J connectivity index is 2.31. The lowest BCUT2D eigenvalue weighted by Gasteiger charge is -2.08. The Kier molecular flexibility index (Phi) is 4.22. The third-order valence-corrected chi connectivity index (χ3v) is 3.60. The maximum Gasteiger partial charge on any atom is 0.416 e. The first-order chi connectivity index (χ1) is 9.82. The number of rotatable bonds is 3. The van der Waals surface area contributed by atoms with Crippen LogP contribution in [0.5, 0.6) is 0 Å². The summed E-state index contributed by atoms with van der Waals surface area (Å²) in [6.45, 7) is 3.51. The van der Waals surface area contributed by atoms with Gasteiger partial charge >= 0.3 is 6.18 Å². The molecule has 1 aromatic carbocycles. The molecule has 0 bridgehead atoms. The normalized spacial score (nSPS) is 17.7. The lowest BCUT2D eigenvalue weighted by Crippen LogP contribution is -2.27. The topological polar surface area (TPSA) is 37.4 Å². The quantitative estimate of drug-likeness (QED) is 0.627. The maximum atomic E-state index is 12.6. The molecular formula is C14H10F3NO2S. The van der Waals surface area contributed by atoms with Gasteiger partial charge in [0, 0.05) is 6.54 Å². The molecule has 1 aromatic rings. The molecule has 1 fully saturated rings. The molecule has 2 amide bonds. The van der Waals surface area contributed by atoms with Crippen LogP contribution >= 0.6 is 11.8 Å². The molecule has 110 valence electrons. The highest BCUT2D eigenvalue weighted by molar-refractivity contribution is 8.18. The zero-order valence-electron chi connectivity index (χ0n) is 10.7. The molecule has 1 saturated heterocycles. The smallest absolute Gasteiger partial charge is 0.268 e. The minimum Gasteiger partial charge on any atom is -0.268 e. The van der Waals surface area contributed by atoms with Gasteiger partial charge in [0.2, 0.25) is 0 Å². The van der Waals surface area contributed by atoms with Crippen LogP contribution in [0.15, 0.2) is 41.8 Å². The van der Waals surface area contributed by atoms with Crippen LogP contribution in [0.4, 0.5) is 18.0 Å². The fraction of sp³-hybridized carbons (Fsp3) is 0.143. The van der Waals surface area contributed by atoms with Crippen LogP contribution in [-0.4, -0.2) is 22.6 Å². The van der Waals surface area contributed by atoms with Crippen molar-refractivity contribution in [3.05, 3.63) is 53.0 Å². The van der Waals surface area contributed by atoms with E-state index in [4.69, 9.17) is 0 Å². The number of thioether (sulfide) groups is 1. The molecule has 0 saturated carbocycles. The van der Waals surface area contributed by atoms with Crippen molar-refractivity contribution in [3.63, 3.8) is 0 Å². The van der Waals surface area contributed by atoms with Crippen LogP contribution in [0.25, 0.3) is 6.08 Å². The van der Waals surface area contributed by atoms with E-state index in [0.29, 0.717) is 11.8 Å². The van der Waals surface area contributed by atoms with Gasteiger partial charge in [0.15, 0.2) is 0 Å². The highest BCUT2D eigenvalue weighted by atomic mass is 32.2. The third-order valence-electron chi connectivity index (χ3n) is 2.70. The molecule has 3 nitrogen and oxygen atoms in total. The largest absolute Gasteiger partial charge is 0.416 e. The van der Waals surface area contributed by atoms with E-state index >= 15 is 0 Å². The van der Waals surface area contributed by atoms with E-state index in [9.17, 15) is 22.8 Å². The van der Waals surface area contributed by atoms with Crippen LogP contribution < -0.4 is 0 Å². The molecule has 0 spiro atoms. The van der Waals surface area contributed by atoms with E-state index < -0.39 is 22.9 Å². The minimum atomic E-state index is -4.45. The van der Waals surface area contributed by atoms with Gasteiger partial charge in [-0.1, -0.05) is 18.2 Å². The zero-order chi connectivity index (χ0) is 15.6. The molecule has 0 aromatic heterocycles. The number of carbonyl (C=O) groups is 2. The molecule has 0 N–H and O–H groups in total. The second kappa shape index (κ2) is 5.77. The van der Waals surface area contributed by atoms with Gasteiger partial charge in [-0.3, -0.25) is 14.5 Å². The first-order valence-corrected chi connectivity index (χ1v) is 6.68. The summed E-state index contributed by atoms with van der Waals surface area (Å²) in [7, 11) is 0. The number of amides is 2. The van der Waals surface area contributed by atoms with Gasteiger partial charge < -0.3 is 0 Å². The Morgan fingerprint density at radius 3 is 2.62 bits per heavy atom. The van der Waals surface area contributed by atoms with Crippen molar-refractivity contribution in [3.8, 4) is 0 Å². The molecule has 2 rings (SSSR count). The van der Waals surface area contributed by atoms with Crippen LogP contribution in [0.1, 0.15) is 11.1 Å². The predicted molar refractivity (Wildman–Crippen MR) is 74.3 cm³/mol. The standard InChI is InChI=1S/C14H10F3NO2S/c1-2-6-18-12(19)11(21-13(18)20)8-9-4-3-5-10(7-9)14(15,16)17/h2-5,7-8H,1,6H2/b11-8+. The summed E-state index contributed by atoms with van der Waals surface area (Å²) in [5.41, 5.74) is -0.588. The summed E-state index contributed by atoms with van der Waals surface area (Å²) in [5.74, 6) is -0.526. The number of halogens is 3. The second-order valence-corrected chi connectivity index (χ2v) is 5.20. The van der Waals surface area contributed by atoms with Crippen LogP contribution in [0.3, 0.4) is 0 Å². The van der Waals surface area contributed by atoms with Crippen LogP contribution in [0, 0.1) is 0 Å². The van der Waals surface area contributed by atoms with Gasteiger partial charge in [0.25, 0.3) is 11.1 Å². The number of carbonyl (C=O) groups excluding carboxylic acids is 2. The van der Waals surface area contributed by atoms with E-state index in [1.807, 2.05) is 0 Å². The second-order valence-electron chi connectivity index (χ2n) is 4.20. The number of imide groups is 1. The first kappa shape index (κ1) is 15.4. The average molecular weight is 313 g/mol. The zero-order valence-corrected chi connectivity index (χ0v) is 11.5. The van der Waals surface area contributed by atoms with Crippen molar-refractivity contribution in [2.45, 2.75) is 6.18 Å². The number of benzene rings is 1. The molecule has 1 aliphatic rings. The van der Waals surface area contributed by atoms with Gasteiger partial charge in [-0.05, 0) is 35.5 Å². The molecule has 21 heavy (non-hydrogen) atoms. The van der Waals surface area contributed by atoms with Crippen molar-refractivity contribution in [2.75, 3.05) is 6.54 Å². The summed E-state index contributed by atoms with van der Waals surface area (Å²) in [5, 5.41) is -0.460. The van der Waals surface area contributed by atoms with Gasteiger partial charge in [0.1, 0.15) is 0 Å². The molecule has 0 radical (unpaired) electrons. The predicted octanol–water partition coefficient (Wildman–Crippen LogP) is 3.93. The van der Waals surface area contributed by atoms with Crippen molar-refractivity contribution in [1.29, 1.82) is 0 Å². The lowest BCUT2D eigenvalue weighted by molar-refractivity contribution is -0.137. The Hall–Kier alpha value is -2.02. The molecule has 7 heteroatoms. The molecular weight excluding hydrogens is 303 g/mol. The number of alkyl halides is 3. The van der Waals surface area contributed by atoms with Gasteiger partial charge in [0.05, 0.1) is 10.5 Å². The summed E-state index contributed by atoms with van der Waals surface area (Å²) in [6.07, 6.45) is -1.77. The SMILES string of the molecule is C=CCN1C(=O)S/C(=C/c2cccc(C(F)(F)F)c2)C1=O. The molecule has 1 heterocycles. The Bertz CT molecular complexity index is 637. The monoisotopic (exact) mass is 313 g/mol. The van der Waals surface area contributed by atoms with E-state index in [-0.39, 0.29) is 17.0 Å². The number of nitrogens with zero attached hydrogens (tertiary/aromatic N) is 1. The van der Waals surface area contributed by atoms with E-state index in [2.05, 4.69) is 6.58 Å². The summed E-state index contributed by atoms with van der Waals surface area (Å²) < 4.78 is 37.8. The van der Waals surface area contributed by atoms with Crippen molar-refractivity contribution in [2.24, 2.45) is 0 Å². The fourth-order valence-electron chi connectivity index (χ4n) is 1.74. The van der Waals surface area contributed by atoms with Crippen LogP contribution in [0.2, 0.25) is 0 Å². The summed E-state index contributed by atoms with van der Waals surface area (Å²) in [4.78, 5) is 24.6. The van der Waals surface area contributed by atoms with Crippen molar-refractivity contribution in [1.82, 2.24) is 4.90 Å². The Morgan fingerprint density at radius 1 is 1.29 bits per heavy atom. The van der Waals surface area contributed by atoms with E-state index in [1.165, 1.54) is 24.3 Å². The maximum absolute atomic E-state index is 12.6. The molecule has 0 unspecified atom stereocenters. The lowest BCUT2D eigenvalue weighted by atomic mass is 10.1. The average Bonchev–Trinajstić information content (AvgIpc) is 2.66. The van der Waals surface area contributed by atoms with Crippen molar-refractivity contribution < 1.29 is 22.8 Å². The first-order valence-electron chi connectivity index (χ1n) is 5.86.